The molecule has 0 N–H and O–H groups in total. The average molecular weight is 349 g/mol. The number of carbonyl (C=O) groups excluding carboxylic acids is 3. The lowest BCUT2D eigenvalue weighted by atomic mass is 10.2. The number of likely N-dealkylation sites (tertiary alicyclic amines) is 1. The minimum atomic E-state index is -0.698. The predicted octanol–water partition coefficient (Wildman–Crippen LogP) is 2.78. The molecule has 0 radical (unpaired) electrons. The van der Waals surface area contributed by atoms with Crippen LogP contribution in [0, 0.1) is 0 Å². The Morgan fingerprint density at radius 2 is 1.92 bits per heavy atom. The number of esters is 2. The first-order chi connectivity index (χ1) is 11.7. The van der Waals surface area contributed by atoms with Gasteiger partial charge in [0.1, 0.15) is 17.4 Å². The highest BCUT2D eigenvalue weighted by Crippen LogP contribution is 2.23. The first-order valence-electron chi connectivity index (χ1n) is 8.11. The molecule has 1 unspecified atom stereocenters. The fourth-order valence-electron chi connectivity index (χ4n) is 2.54. The molecule has 2 rings (SSSR count). The largest absolute Gasteiger partial charge is 0.465 e. The SMILES string of the molecule is COC(=O)c1cccc(OC(=O)C2CCCN2C(=O)OC(C)(C)C)c1. The van der Waals surface area contributed by atoms with E-state index in [1.165, 1.54) is 18.1 Å². The van der Waals surface area contributed by atoms with Gasteiger partial charge in [-0.2, -0.15) is 0 Å². The van der Waals surface area contributed by atoms with Crippen molar-refractivity contribution < 1.29 is 28.6 Å². The molecule has 1 fully saturated rings. The van der Waals surface area contributed by atoms with E-state index >= 15 is 0 Å². The molecule has 0 saturated carbocycles. The zero-order valence-corrected chi connectivity index (χ0v) is 14.9. The quantitative estimate of drug-likeness (QED) is 0.616. The lowest BCUT2D eigenvalue weighted by Gasteiger charge is -2.27. The number of ether oxygens (including phenoxy) is 3. The van der Waals surface area contributed by atoms with Crippen LogP contribution < -0.4 is 4.74 Å². The second kappa shape index (κ2) is 7.55. The van der Waals surface area contributed by atoms with E-state index in [9.17, 15) is 14.4 Å². The number of benzene rings is 1. The van der Waals surface area contributed by atoms with Gasteiger partial charge < -0.3 is 14.2 Å². The lowest BCUT2D eigenvalue weighted by molar-refractivity contribution is -0.139. The van der Waals surface area contributed by atoms with Crippen LogP contribution in [0.5, 0.6) is 5.75 Å². The molecule has 0 aromatic heterocycles. The van der Waals surface area contributed by atoms with Gasteiger partial charge in [-0.15, -0.1) is 0 Å². The molecule has 1 aromatic rings. The van der Waals surface area contributed by atoms with Crippen LogP contribution >= 0.6 is 0 Å². The highest BCUT2D eigenvalue weighted by atomic mass is 16.6. The first-order valence-corrected chi connectivity index (χ1v) is 8.11. The van der Waals surface area contributed by atoms with Crippen LogP contribution in [0.3, 0.4) is 0 Å². The van der Waals surface area contributed by atoms with E-state index in [0.717, 1.165) is 0 Å². The maximum absolute atomic E-state index is 12.5. The number of rotatable bonds is 3. The molecule has 0 spiro atoms. The highest BCUT2D eigenvalue weighted by Gasteiger charge is 2.37. The Labute approximate surface area is 146 Å². The van der Waals surface area contributed by atoms with E-state index < -0.39 is 29.7 Å². The summed E-state index contributed by atoms with van der Waals surface area (Å²) < 4.78 is 15.3. The topological polar surface area (TPSA) is 82.1 Å². The smallest absolute Gasteiger partial charge is 0.411 e. The van der Waals surface area contributed by atoms with Crippen LogP contribution in [0.4, 0.5) is 4.79 Å². The van der Waals surface area contributed by atoms with Gasteiger partial charge in [-0.1, -0.05) is 6.07 Å². The maximum Gasteiger partial charge on any atom is 0.411 e. The van der Waals surface area contributed by atoms with E-state index in [2.05, 4.69) is 4.74 Å². The number of carbonyl (C=O) groups is 3. The fourth-order valence-corrected chi connectivity index (χ4v) is 2.54. The third-order valence-corrected chi connectivity index (χ3v) is 3.63. The molecule has 7 heteroatoms. The number of hydrogen-bond acceptors (Lipinski definition) is 6. The summed E-state index contributed by atoms with van der Waals surface area (Å²) in [6.45, 7) is 5.75. The van der Waals surface area contributed by atoms with Crippen molar-refractivity contribution in [3.8, 4) is 5.75 Å². The van der Waals surface area contributed by atoms with E-state index in [-0.39, 0.29) is 11.3 Å². The standard InChI is InChI=1S/C18H23NO6/c1-18(2,3)25-17(22)19-10-6-9-14(19)16(21)24-13-8-5-7-12(11-13)15(20)23-4/h5,7-8,11,14H,6,9-10H2,1-4H3. The molecule has 0 aliphatic carbocycles. The summed E-state index contributed by atoms with van der Waals surface area (Å²) >= 11 is 0. The van der Waals surface area contributed by atoms with Crippen LogP contribution in [0.15, 0.2) is 24.3 Å². The molecule has 1 amide bonds. The average Bonchev–Trinajstić information content (AvgIpc) is 3.02. The van der Waals surface area contributed by atoms with Crippen LogP contribution in [0.25, 0.3) is 0 Å². The molecule has 1 saturated heterocycles. The molecule has 1 aliphatic heterocycles. The number of hydrogen-bond donors (Lipinski definition) is 0. The predicted molar refractivity (Wildman–Crippen MR) is 89.4 cm³/mol. The highest BCUT2D eigenvalue weighted by molar-refractivity contribution is 5.90. The van der Waals surface area contributed by atoms with Crippen molar-refractivity contribution in [1.82, 2.24) is 4.90 Å². The molecule has 7 nitrogen and oxygen atoms in total. The third-order valence-electron chi connectivity index (χ3n) is 3.63. The molecular weight excluding hydrogens is 326 g/mol. The van der Waals surface area contributed by atoms with Crippen molar-refractivity contribution in [2.24, 2.45) is 0 Å². The van der Waals surface area contributed by atoms with Crippen molar-refractivity contribution in [2.75, 3.05) is 13.7 Å². The van der Waals surface area contributed by atoms with Crippen LogP contribution in [0.1, 0.15) is 44.0 Å². The number of methoxy groups -OCH3 is 1. The van der Waals surface area contributed by atoms with Gasteiger partial charge in [-0.05, 0) is 51.8 Å². The van der Waals surface area contributed by atoms with Crippen LogP contribution in [0.2, 0.25) is 0 Å². The van der Waals surface area contributed by atoms with Crippen molar-refractivity contribution in [3.63, 3.8) is 0 Å². The monoisotopic (exact) mass is 349 g/mol. The van der Waals surface area contributed by atoms with Gasteiger partial charge in [-0.25, -0.2) is 14.4 Å². The summed E-state index contributed by atoms with van der Waals surface area (Å²) in [5.74, 6) is -0.844. The molecular formula is C18H23NO6. The van der Waals surface area contributed by atoms with E-state index in [1.807, 2.05) is 0 Å². The molecule has 1 atom stereocenters. The first kappa shape index (κ1) is 18.8. The lowest BCUT2D eigenvalue weighted by Crippen LogP contribution is -2.44. The zero-order chi connectivity index (χ0) is 18.6. The molecule has 1 heterocycles. The summed E-state index contributed by atoms with van der Waals surface area (Å²) in [5, 5.41) is 0. The zero-order valence-electron chi connectivity index (χ0n) is 14.9. The van der Waals surface area contributed by atoms with Gasteiger partial charge in [0, 0.05) is 6.54 Å². The molecule has 136 valence electrons. The summed E-state index contributed by atoms with van der Waals surface area (Å²) in [6, 6.07) is 5.45. The number of amides is 1. The Morgan fingerprint density at radius 3 is 2.56 bits per heavy atom. The van der Waals surface area contributed by atoms with Gasteiger partial charge in [-0.3, -0.25) is 4.90 Å². The van der Waals surface area contributed by atoms with Crippen molar-refractivity contribution in [3.05, 3.63) is 29.8 Å². The Hall–Kier alpha value is -2.57. The minimum absolute atomic E-state index is 0.226. The molecule has 25 heavy (non-hydrogen) atoms. The number of nitrogens with zero attached hydrogens (tertiary/aromatic N) is 1. The third kappa shape index (κ3) is 4.95. The molecule has 1 aromatic carbocycles. The van der Waals surface area contributed by atoms with Crippen molar-refractivity contribution >= 4 is 18.0 Å². The van der Waals surface area contributed by atoms with Crippen molar-refractivity contribution in [2.45, 2.75) is 45.3 Å². The van der Waals surface area contributed by atoms with Gasteiger partial charge in [0.25, 0.3) is 0 Å². The minimum Gasteiger partial charge on any atom is -0.465 e. The normalized spacial score (nSPS) is 17.1. The summed E-state index contributed by atoms with van der Waals surface area (Å²) in [7, 11) is 1.28. The molecule has 0 bridgehead atoms. The van der Waals surface area contributed by atoms with Gasteiger partial charge in [0.2, 0.25) is 0 Å². The van der Waals surface area contributed by atoms with E-state index in [4.69, 9.17) is 9.47 Å². The van der Waals surface area contributed by atoms with Gasteiger partial charge in [0.15, 0.2) is 0 Å². The van der Waals surface area contributed by atoms with Gasteiger partial charge in [0.05, 0.1) is 12.7 Å². The van der Waals surface area contributed by atoms with Crippen molar-refractivity contribution in [1.29, 1.82) is 0 Å². The van der Waals surface area contributed by atoms with Crippen LogP contribution in [-0.2, 0) is 14.3 Å². The Balaban J connectivity index is 2.07. The van der Waals surface area contributed by atoms with E-state index in [0.29, 0.717) is 19.4 Å². The Morgan fingerprint density at radius 1 is 1.20 bits per heavy atom. The van der Waals surface area contributed by atoms with Crippen LogP contribution in [-0.4, -0.2) is 48.2 Å². The summed E-state index contributed by atoms with van der Waals surface area (Å²) in [6.07, 6.45) is 0.672. The Kier molecular flexibility index (Phi) is 5.66. The fraction of sp³-hybridized carbons (Fsp3) is 0.500. The summed E-state index contributed by atoms with van der Waals surface area (Å²) in [5.41, 5.74) is -0.355. The molecule has 1 aliphatic rings. The summed E-state index contributed by atoms with van der Waals surface area (Å²) in [4.78, 5) is 37.6. The maximum atomic E-state index is 12.5. The second-order valence-corrected chi connectivity index (χ2v) is 6.77. The Bertz CT molecular complexity index is 664. The van der Waals surface area contributed by atoms with Gasteiger partial charge >= 0.3 is 18.0 Å². The van der Waals surface area contributed by atoms with E-state index in [1.54, 1.807) is 39.0 Å². The second-order valence-electron chi connectivity index (χ2n) is 6.77.